The molecule has 0 spiro atoms. The Kier molecular flexibility index (Phi) is 6.36. The number of benzene rings is 2. The Morgan fingerprint density at radius 1 is 1.04 bits per heavy atom. The summed E-state index contributed by atoms with van der Waals surface area (Å²) < 4.78 is 57.7. The topological polar surface area (TPSA) is 80.2 Å². The van der Waals surface area contributed by atoms with Crippen LogP contribution in [0.3, 0.4) is 0 Å². The van der Waals surface area contributed by atoms with E-state index in [9.17, 15) is 22.4 Å². The van der Waals surface area contributed by atoms with Crippen LogP contribution in [0.5, 0.6) is 11.5 Å². The number of nitrogens with one attached hydrogen (secondary N) is 1. The normalized spacial score (nSPS) is 11.2. The largest absolute Gasteiger partial charge is 0.478 e. The van der Waals surface area contributed by atoms with Crippen molar-refractivity contribution in [3.63, 3.8) is 0 Å². The van der Waals surface area contributed by atoms with Gasteiger partial charge in [-0.3, -0.25) is 5.43 Å². The van der Waals surface area contributed by atoms with Gasteiger partial charge in [-0.05, 0) is 36.4 Å². The number of halogens is 4. The molecule has 0 amide bonds. The molecule has 0 aromatic heterocycles. The Morgan fingerprint density at radius 3 is 2.27 bits per heavy atom. The highest BCUT2D eigenvalue weighted by Crippen LogP contribution is 2.26. The third kappa shape index (κ3) is 5.65. The van der Waals surface area contributed by atoms with Gasteiger partial charge in [0.1, 0.15) is 11.5 Å². The zero-order chi connectivity index (χ0) is 19.1. The van der Waals surface area contributed by atoms with Gasteiger partial charge in [0.25, 0.3) is 0 Å². The van der Waals surface area contributed by atoms with Crippen molar-refractivity contribution in [1.82, 2.24) is 0 Å². The van der Waals surface area contributed by atoms with E-state index < -0.39 is 24.9 Å². The fourth-order valence-corrected chi connectivity index (χ4v) is 1.86. The van der Waals surface area contributed by atoms with Crippen molar-refractivity contribution in [1.29, 1.82) is 0 Å². The summed E-state index contributed by atoms with van der Waals surface area (Å²) in [7, 11) is 0. The smallest absolute Gasteiger partial charge is 0.387 e. The van der Waals surface area contributed by atoms with Crippen LogP contribution < -0.4 is 14.9 Å². The maximum absolute atomic E-state index is 12.5. The summed E-state index contributed by atoms with van der Waals surface area (Å²) in [6, 6.07) is 8.86. The van der Waals surface area contributed by atoms with E-state index in [-0.39, 0.29) is 16.9 Å². The lowest BCUT2D eigenvalue weighted by Gasteiger charge is -2.10. The number of hydrogen-bond donors (Lipinski definition) is 2. The molecular formula is C16H12F4N2O4. The second-order valence-electron chi connectivity index (χ2n) is 4.71. The van der Waals surface area contributed by atoms with Crippen molar-refractivity contribution in [2.45, 2.75) is 13.2 Å². The van der Waals surface area contributed by atoms with Crippen LogP contribution in [-0.4, -0.2) is 30.5 Å². The fourth-order valence-electron chi connectivity index (χ4n) is 1.86. The summed E-state index contributed by atoms with van der Waals surface area (Å²) in [4.78, 5) is 10.7. The number of ether oxygens (including phenoxy) is 2. The lowest BCUT2D eigenvalue weighted by molar-refractivity contribution is -0.0543. The Hall–Kier alpha value is -3.30. The molecule has 10 heteroatoms. The van der Waals surface area contributed by atoms with Crippen LogP contribution in [0, 0.1) is 0 Å². The molecule has 0 atom stereocenters. The average molecular weight is 372 g/mol. The van der Waals surface area contributed by atoms with E-state index in [4.69, 9.17) is 5.11 Å². The molecule has 0 saturated carbocycles. The number of carbonyl (C=O) groups is 1. The molecule has 2 aromatic rings. The van der Waals surface area contributed by atoms with Gasteiger partial charge in [-0.15, -0.1) is 0 Å². The minimum absolute atomic E-state index is 0.0848. The van der Waals surface area contributed by atoms with Crippen molar-refractivity contribution >= 4 is 17.9 Å². The van der Waals surface area contributed by atoms with E-state index in [1.165, 1.54) is 30.3 Å². The quantitative estimate of drug-likeness (QED) is 0.415. The van der Waals surface area contributed by atoms with E-state index >= 15 is 0 Å². The second-order valence-corrected chi connectivity index (χ2v) is 4.71. The zero-order valence-corrected chi connectivity index (χ0v) is 12.9. The number of hydrazone groups is 1. The van der Waals surface area contributed by atoms with Crippen LogP contribution in [0.25, 0.3) is 0 Å². The highest BCUT2D eigenvalue weighted by atomic mass is 19.3. The van der Waals surface area contributed by atoms with Gasteiger partial charge >= 0.3 is 19.2 Å². The molecule has 2 aromatic carbocycles. The summed E-state index contributed by atoms with van der Waals surface area (Å²) in [6.45, 7) is -6.27. The third-order valence-electron chi connectivity index (χ3n) is 2.96. The van der Waals surface area contributed by atoms with Crippen LogP contribution in [0.15, 0.2) is 47.6 Å². The molecule has 0 unspecified atom stereocenters. The summed E-state index contributed by atoms with van der Waals surface area (Å²) in [5, 5.41) is 12.6. The predicted molar refractivity (Wildman–Crippen MR) is 84.3 cm³/mol. The molecule has 6 nitrogen and oxygen atoms in total. The Labute approximate surface area is 144 Å². The van der Waals surface area contributed by atoms with Crippen molar-refractivity contribution in [3.8, 4) is 11.5 Å². The maximum atomic E-state index is 12.5. The SMILES string of the molecule is O=C(O)c1ccc(N/N=C/c2ccc(OC(F)F)cc2OC(F)F)cc1. The molecule has 138 valence electrons. The van der Waals surface area contributed by atoms with Gasteiger partial charge in [0.2, 0.25) is 0 Å². The molecule has 2 N–H and O–H groups in total. The van der Waals surface area contributed by atoms with E-state index in [1.54, 1.807) is 0 Å². The molecule has 26 heavy (non-hydrogen) atoms. The summed E-state index contributed by atoms with van der Waals surface area (Å²) >= 11 is 0. The first kappa shape index (κ1) is 19.0. The van der Waals surface area contributed by atoms with Crippen molar-refractivity contribution in [2.24, 2.45) is 5.10 Å². The lowest BCUT2D eigenvalue weighted by Crippen LogP contribution is -2.07. The van der Waals surface area contributed by atoms with E-state index in [2.05, 4.69) is 20.0 Å². The molecule has 0 radical (unpaired) electrons. The molecule has 0 aliphatic rings. The van der Waals surface area contributed by atoms with Crippen LogP contribution >= 0.6 is 0 Å². The summed E-state index contributed by atoms with van der Waals surface area (Å²) in [6.07, 6.45) is 1.13. The summed E-state index contributed by atoms with van der Waals surface area (Å²) in [5.74, 6) is -1.82. The van der Waals surface area contributed by atoms with Crippen LogP contribution in [-0.2, 0) is 0 Å². The lowest BCUT2D eigenvalue weighted by atomic mass is 10.2. The molecule has 0 aliphatic heterocycles. The first-order chi connectivity index (χ1) is 12.3. The van der Waals surface area contributed by atoms with Crippen LogP contribution in [0.2, 0.25) is 0 Å². The van der Waals surface area contributed by atoms with E-state index in [0.29, 0.717) is 5.69 Å². The van der Waals surface area contributed by atoms with Crippen molar-refractivity contribution < 1.29 is 36.9 Å². The molecule has 0 fully saturated rings. The maximum Gasteiger partial charge on any atom is 0.387 e. The highest BCUT2D eigenvalue weighted by molar-refractivity contribution is 5.88. The minimum Gasteiger partial charge on any atom is -0.478 e. The first-order valence-electron chi connectivity index (χ1n) is 7.01. The van der Waals surface area contributed by atoms with Gasteiger partial charge in [0, 0.05) is 11.6 Å². The van der Waals surface area contributed by atoms with Gasteiger partial charge in [-0.25, -0.2) is 4.79 Å². The number of aromatic carboxylic acids is 1. The number of nitrogens with zero attached hydrogens (tertiary/aromatic N) is 1. The Bertz CT molecular complexity index is 782. The fraction of sp³-hybridized carbons (Fsp3) is 0.125. The number of rotatable bonds is 8. The van der Waals surface area contributed by atoms with Crippen LogP contribution in [0.4, 0.5) is 23.2 Å². The molecule has 0 bridgehead atoms. The van der Waals surface area contributed by atoms with Crippen molar-refractivity contribution in [3.05, 3.63) is 53.6 Å². The number of carboxylic acids is 1. The first-order valence-corrected chi connectivity index (χ1v) is 7.01. The van der Waals surface area contributed by atoms with Gasteiger partial charge in [0.05, 0.1) is 17.5 Å². The van der Waals surface area contributed by atoms with Gasteiger partial charge in [-0.1, -0.05) is 0 Å². The molecule has 0 heterocycles. The number of hydrogen-bond acceptors (Lipinski definition) is 5. The van der Waals surface area contributed by atoms with Crippen molar-refractivity contribution in [2.75, 3.05) is 5.43 Å². The molecular weight excluding hydrogens is 360 g/mol. The zero-order valence-electron chi connectivity index (χ0n) is 12.9. The number of alkyl halides is 4. The predicted octanol–water partition coefficient (Wildman–Crippen LogP) is 4.03. The molecule has 0 saturated heterocycles. The van der Waals surface area contributed by atoms with Gasteiger partial charge in [0.15, 0.2) is 0 Å². The standard InChI is InChI=1S/C16H12F4N2O4/c17-15(18)25-12-6-3-10(13(7-12)26-16(19)20)8-21-22-11-4-1-9(2-5-11)14(23)24/h1-8,15-16,22H,(H,23,24)/b21-8+. The molecule has 2 rings (SSSR count). The Balaban J connectivity index is 2.13. The Morgan fingerprint density at radius 2 is 1.69 bits per heavy atom. The molecule has 0 aliphatic carbocycles. The summed E-state index contributed by atoms with van der Waals surface area (Å²) in [5.41, 5.74) is 3.18. The average Bonchev–Trinajstić information content (AvgIpc) is 2.56. The minimum atomic E-state index is -3.17. The second kappa shape index (κ2) is 8.70. The van der Waals surface area contributed by atoms with Gasteiger partial charge in [-0.2, -0.15) is 22.7 Å². The van der Waals surface area contributed by atoms with Gasteiger partial charge < -0.3 is 14.6 Å². The third-order valence-corrected chi connectivity index (χ3v) is 2.96. The van der Waals surface area contributed by atoms with E-state index in [1.807, 2.05) is 0 Å². The van der Waals surface area contributed by atoms with Crippen LogP contribution in [0.1, 0.15) is 15.9 Å². The number of anilines is 1. The number of carboxylic acid groups (broad SMARTS) is 1. The monoisotopic (exact) mass is 372 g/mol. The van der Waals surface area contributed by atoms with E-state index in [0.717, 1.165) is 18.3 Å². The highest BCUT2D eigenvalue weighted by Gasteiger charge is 2.12.